The third-order valence-electron chi connectivity index (χ3n) is 6.19. The summed E-state index contributed by atoms with van der Waals surface area (Å²) < 4.78 is 32.8. The number of halogens is 2. The number of carbonyl (C=O) groups excluding carboxylic acids is 2. The predicted octanol–water partition coefficient (Wildman–Crippen LogP) is 3.45. The molecule has 6 nitrogen and oxygen atoms in total. The second kappa shape index (κ2) is 9.63. The summed E-state index contributed by atoms with van der Waals surface area (Å²) in [4.78, 5) is 32.7. The van der Waals surface area contributed by atoms with Crippen LogP contribution in [0.5, 0.6) is 5.88 Å². The number of aromatic nitrogens is 1. The van der Waals surface area contributed by atoms with E-state index >= 15 is 0 Å². The van der Waals surface area contributed by atoms with E-state index in [1.807, 2.05) is 24.0 Å². The Hall–Kier alpha value is -3.03. The molecule has 32 heavy (non-hydrogen) atoms. The number of nitrogens with zero attached hydrogens (tertiary/aromatic N) is 3. The molecule has 0 bridgehead atoms. The Morgan fingerprint density at radius 3 is 2.66 bits per heavy atom. The van der Waals surface area contributed by atoms with E-state index in [0.29, 0.717) is 51.0 Å². The molecule has 2 fully saturated rings. The second-order valence-electron chi connectivity index (χ2n) is 8.71. The van der Waals surface area contributed by atoms with Gasteiger partial charge in [-0.05, 0) is 49.4 Å². The van der Waals surface area contributed by atoms with Gasteiger partial charge in [0.05, 0.1) is 12.2 Å². The van der Waals surface area contributed by atoms with Gasteiger partial charge in [0.2, 0.25) is 11.8 Å². The van der Waals surface area contributed by atoms with Crippen LogP contribution in [0.15, 0.2) is 36.5 Å². The zero-order valence-corrected chi connectivity index (χ0v) is 18.1. The molecule has 2 aliphatic rings. The third-order valence-corrected chi connectivity index (χ3v) is 6.19. The topological polar surface area (TPSA) is 62.7 Å². The minimum absolute atomic E-state index is 0.106. The molecule has 2 saturated heterocycles. The van der Waals surface area contributed by atoms with Crippen molar-refractivity contribution in [3.05, 3.63) is 59.3 Å². The maximum atomic E-state index is 13.9. The molecule has 0 spiro atoms. The van der Waals surface area contributed by atoms with Crippen LogP contribution in [0.2, 0.25) is 0 Å². The van der Waals surface area contributed by atoms with Crippen molar-refractivity contribution in [3.63, 3.8) is 0 Å². The summed E-state index contributed by atoms with van der Waals surface area (Å²) in [6.45, 7) is 4.73. The van der Waals surface area contributed by atoms with Crippen molar-refractivity contribution in [3.8, 4) is 5.88 Å². The van der Waals surface area contributed by atoms with Crippen LogP contribution in [-0.2, 0) is 4.79 Å². The van der Waals surface area contributed by atoms with Crippen LogP contribution in [0.4, 0.5) is 8.78 Å². The van der Waals surface area contributed by atoms with Gasteiger partial charge < -0.3 is 14.5 Å². The normalized spacial score (nSPS) is 19.5. The van der Waals surface area contributed by atoms with Crippen LogP contribution in [-0.4, -0.2) is 59.4 Å². The highest BCUT2D eigenvalue weighted by Crippen LogP contribution is 2.25. The van der Waals surface area contributed by atoms with Crippen LogP contribution in [0.3, 0.4) is 0 Å². The Bertz CT molecular complexity index is 992. The first-order valence-electron chi connectivity index (χ1n) is 11.0. The van der Waals surface area contributed by atoms with E-state index in [2.05, 4.69) is 4.98 Å². The molecular formula is C24H27F2N3O3. The first kappa shape index (κ1) is 22.2. The molecule has 0 aliphatic carbocycles. The lowest BCUT2D eigenvalue weighted by molar-refractivity contribution is -0.128. The molecule has 2 amide bonds. The minimum atomic E-state index is -0.839. The quantitative estimate of drug-likeness (QED) is 0.686. The van der Waals surface area contributed by atoms with Crippen molar-refractivity contribution < 1.29 is 23.1 Å². The van der Waals surface area contributed by atoms with E-state index in [-0.39, 0.29) is 17.4 Å². The van der Waals surface area contributed by atoms with E-state index in [1.165, 1.54) is 6.07 Å². The zero-order valence-electron chi connectivity index (χ0n) is 18.1. The van der Waals surface area contributed by atoms with Crippen LogP contribution >= 0.6 is 0 Å². The monoisotopic (exact) mass is 443 g/mol. The van der Waals surface area contributed by atoms with Crippen molar-refractivity contribution in [1.82, 2.24) is 14.8 Å². The Morgan fingerprint density at radius 1 is 1.16 bits per heavy atom. The van der Waals surface area contributed by atoms with Gasteiger partial charge >= 0.3 is 0 Å². The molecule has 2 aliphatic heterocycles. The molecule has 4 rings (SSSR count). The number of pyridine rings is 1. The number of aryl methyl sites for hydroxylation is 1. The molecular weight excluding hydrogens is 416 g/mol. The maximum Gasteiger partial charge on any atom is 0.256 e. The largest absolute Gasteiger partial charge is 0.477 e. The van der Waals surface area contributed by atoms with Crippen LogP contribution in [0, 0.1) is 30.4 Å². The van der Waals surface area contributed by atoms with Gasteiger partial charge in [-0.3, -0.25) is 9.59 Å². The van der Waals surface area contributed by atoms with Gasteiger partial charge in [-0.25, -0.2) is 13.8 Å². The van der Waals surface area contributed by atoms with Gasteiger partial charge in [0.25, 0.3) is 5.91 Å². The van der Waals surface area contributed by atoms with E-state index in [9.17, 15) is 18.4 Å². The van der Waals surface area contributed by atoms with Crippen LogP contribution in [0.25, 0.3) is 0 Å². The van der Waals surface area contributed by atoms with Gasteiger partial charge in [0.15, 0.2) is 0 Å². The highest BCUT2D eigenvalue weighted by atomic mass is 19.1. The van der Waals surface area contributed by atoms with E-state index in [4.69, 9.17) is 4.74 Å². The molecule has 1 aromatic carbocycles. The molecule has 8 heteroatoms. The van der Waals surface area contributed by atoms with Crippen molar-refractivity contribution in [2.24, 2.45) is 11.8 Å². The highest BCUT2D eigenvalue weighted by Gasteiger charge is 2.33. The number of hydrogen-bond acceptors (Lipinski definition) is 4. The minimum Gasteiger partial charge on any atom is -0.477 e. The summed E-state index contributed by atoms with van der Waals surface area (Å²) in [5.74, 6) is -0.832. The summed E-state index contributed by atoms with van der Waals surface area (Å²) in [6, 6.07) is 6.80. The van der Waals surface area contributed by atoms with Gasteiger partial charge in [-0.1, -0.05) is 0 Å². The molecule has 170 valence electrons. The molecule has 1 aromatic heterocycles. The van der Waals surface area contributed by atoms with Crippen molar-refractivity contribution >= 4 is 11.8 Å². The molecule has 0 saturated carbocycles. The maximum absolute atomic E-state index is 13.9. The van der Waals surface area contributed by atoms with Crippen molar-refractivity contribution in [2.45, 2.75) is 26.2 Å². The fourth-order valence-corrected chi connectivity index (χ4v) is 4.40. The fourth-order valence-electron chi connectivity index (χ4n) is 4.40. The molecule has 1 atom stereocenters. The lowest BCUT2D eigenvalue weighted by atomic mass is 9.95. The lowest BCUT2D eigenvalue weighted by Crippen LogP contribution is -2.42. The van der Waals surface area contributed by atoms with Gasteiger partial charge in [0.1, 0.15) is 11.6 Å². The summed E-state index contributed by atoms with van der Waals surface area (Å²) in [6.07, 6.45) is 3.66. The lowest BCUT2D eigenvalue weighted by Gasteiger charge is -2.34. The predicted molar refractivity (Wildman–Crippen MR) is 114 cm³/mol. The number of hydrogen-bond donors (Lipinski definition) is 0. The molecule has 0 N–H and O–H groups in total. The molecule has 3 heterocycles. The number of piperidine rings is 1. The number of benzene rings is 1. The fraction of sp³-hybridized carbons (Fsp3) is 0.458. The van der Waals surface area contributed by atoms with Crippen LogP contribution < -0.4 is 4.74 Å². The van der Waals surface area contributed by atoms with Gasteiger partial charge in [-0.2, -0.15) is 0 Å². The molecule has 2 aromatic rings. The zero-order chi connectivity index (χ0) is 22.7. The summed E-state index contributed by atoms with van der Waals surface area (Å²) >= 11 is 0. The SMILES string of the molecule is Cc1ccnc(OCC2CC(=O)N(CC3CCN(C(=O)c4ccc(F)cc4F)CC3)C2)c1. The average molecular weight is 443 g/mol. The standard InChI is InChI=1S/C24H27F2N3O3/c1-16-4-7-27-22(10-16)32-15-18-11-23(30)29(14-18)13-17-5-8-28(9-6-17)24(31)20-3-2-19(25)12-21(20)26/h2-4,7,10,12,17-18H,5-6,8-9,11,13-15H2,1H3. The number of rotatable bonds is 6. The van der Waals surface area contributed by atoms with Gasteiger partial charge in [0, 0.05) is 56.8 Å². The Kier molecular flexibility index (Phi) is 6.67. The average Bonchev–Trinajstić information content (AvgIpc) is 3.11. The third kappa shape index (κ3) is 5.23. The highest BCUT2D eigenvalue weighted by molar-refractivity contribution is 5.94. The van der Waals surface area contributed by atoms with Gasteiger partial charge in [-0.15, -0.1) is 0 Å². The first-order valence-corrected chi connectivity index (χ1v) is 11.0. The first-order chi connectivity index (χ1) is 15.4. The Morgan fingerprint density at radius 2 is 1.94 bits per heavy atom. The molecule has 0 radical (unpaired) electrons. The summed E-state index contributed by atoms with van der Waals surface area (Å²) in [5, 5.41) is 0. The van der Waals surface area contributed by atoms with E-state index < -0.39 is 17.5 Å². The van der Waals surface area contributed by atoms with Crippen molar-refractivity contribution in [2.75, 3.05) is 32.8 Å². The number of carbonyl (C=O) groups is 2. The number of amides is 2. The second-order valence-corrected chi connectivity index (χ2v) is 8.71. The number of likely N-dealkylation sites (tertiary alicyclic amines) is 2. The van der Waals surface area contributed by atoms with Crippen molar-refractivity contribution in [1.29, 1.82) is 0 Å². The van der Waals surface area contributed by atoms with E-state index in [0.717, 1.165) is 30.5 Å². The Balaban J connectivity index is 1.24. The number of ether oxygens (including phenoxy) is 1. The van der Waals surface area contributed by atoms with E-state index in [1.54, 1.807) is 11.1 Å². The van der Waals surface area contributed by atoms with Crippen LogP contribution in [0.1, 0.15) is 35.2 Å². The summed E-state index contributed by atoms with van der Waals surface area (Å²) in [7, 11) is 0. The molecule has 1 unspecified atom stereocenters. The Labute approximate surface area is 186 Å². The smallest absolute Gasteiger partial charge is 0.256 e. The summed E-state index contributed by atoms with van der Waals surface area (Å²) in [5.41, 5.74) is 0.969.